The Morgan fingerprint density at radius 3 is 2.71 bits per heavy atom. The molecule has 1 atom stereocenters. The van der Waals surface area contributed by atoms with Gasteiger partial charge in [0.25, 0.3) is 0 Å². The van der Waals surface area contributed by atoms with Crippen LogP contribution in [-0.2, 0) is 11.3 Å². The first-order valence-corrected chi connectivity index (χ1v) is 9.16. The highest BCUT2D eigenvalue weighted by Crippen LogP contribution is 2.29. The molecule has 0 bridgehead atoms. The van der Waals surface area contributed by atoms with Gasteiger partial charge in [-0.1, -0.05) is 17.5 Å². The molecule has 146 valence electrons. The second-order valence-electron chi connectivity index (χ2n) is 6.21. The highest BCUT2D eigenvalue weighted by atomic mass is 35.5. The molecule has 1 fully saturated rings. The summed E-state index contributed by atoms with van der Waals surface area (Å²) in [6.45, 7) is 0.419. The number of hydrogen-bond acceptors (Lipinski definition) is 5. The number of hydrogen-bond donors (Lipinski definition) is 0. The Balaban J connectivity index is 1.81. The molecule has 1 aromatic heterocycles. The first-order valence-electron chi connectivity index (χ1n) is 8.78. The number of rotatable bonds is 5. The van der Waals surface area contributed by atoms with Gasteiger partial charge in [0.2, 0.25) is 11.8 Å². The van der Waals surface area contributed by atoms with Crippen molar-refractivity contribution in [3.8, 4) is 29.2 Å². The lowest BCUT2D eigenvalue weighted by molar-refractivity contribution is -0.128. The number of methoxy groups -OCH3 is 3. The van der Waals surface area contributed by atoms with Gasteiger partial charge in [-0.25, -0.2) is 4.98 Å². The van der Waals surface area contributed by atoms with Crippen LogP contribution >= 0.6 is 11.6 Å². The maximum Gasteiger partial charge on any atom is 0.233 e. The summed E-state index contributed by atoms with van der Waals surface area (Å²) in [5.74, 6) is 7.96. The number of halogens is 1. The normalized spacial score (nSPS) is 15.8. The van der Waals surface area contributed by atoms with Crippen LogP contribution in [0.3, 0.4) is 0 Å². The van der Waals surface area contributed by atoms with Crippen LogP contribution in [0, 0.1) is 11.8 Å². The molecule has 0 unspecified atom stereocenters. The molecule has 1 amide bonds. The number of carbonyl (C=O) groups is 1. The van der Waals surface area contributed by atoms with Gasteiger partial charge in [0, 0.05) is 18.1 Å². The van der Waals surface area contributed by atoms with Crippen molar-refractivity contribution in [2.24, 2.45) is 0 Å². The van der Waals surface area contributed by atoms with E-state index in [4.69, 9.17) is 25.8 Å². The van der Waals surface area contributed by atoms with Gasteiger partial charge in [-0.3, -0.25) is 4.79 Å². The molecule has 7 heteroatoms. The molecule has 1 saturated heterocycles. The van der Waals surface area contributed by atoms with Crippen LogP contribution in [0.2, 0.25) is 5.02 Å². The van der Waals surface area contributed by atoms with Gasteiger partial charge < -0.3 is 19.1 Å². The molecular formula is C21H21ClN2O4. The fraction of sp³-hybridized carbons (Fsp3) is 0.333. The summed E-state index contributed by atoms with van der Waals surface area (Å²) in [5, 5.41) is 0.428. The van der Waals surface area contributed by atoms with Gasteiger partial charge in [0.15, 0.2) is 0 Å². The molecule has 6 nitrogen and oxygen atoms in total. The van der Waals surface area contributed by atoms with Crippen molar-refractivity contribution in [2.75, 3.05) is 21.3 Å². The standard InChI is InChI=1S/C21H21ClN2O4/c1-26-17-9-4-14(19(12-17)27-2)13-24-16(8-11-20(24)25)7-5-15-6-10-18(22)21(23-15)28-3/h4,6,9-10,12,16H,8,11,13H2,1-3H3/t16-/m0/s1. The van der Waals surface area contributed by atoms with E-state index in [1.165, 1.54) is 7.11 Å². The first-order chi connectivity index (χ1) is 13.5. The van der Waals surface area contributed by atoms with E-state index in [0.29, 0.717) is 47.5 Å². The fourth-order valence-electron chi connectivity index (χ4n) is 3.04. The maximum atomic E-state index is 12.4. The highest BCUT2D eigenvalue weighted by Gasteiger charge is 2.30. The molecule has 28 heavy (non-hydrogen) atoms. The van der Waals surface area contributed by atoms with E-state index in [2.05, 4.69) is 16.8 Å². The minimum absolute atomic E-state index is 0.0683. The summed E-state index contributed by atoms with van der Waals surface area (Å²) in [6.07, 6.45) is 1.14. The second-order valence-corrected chi connectivity index (χ2v) is 6.62. The molecule has 0 spiro atoms. The van der Waals surface area contributed by atoms with Gasteiger partial charge in [-0.15, -0.1) is 0 Å². The lowest BCUT2D eigenvalue weighted by Crippen LogP contribution is -2.31. The number of likely N-dealkylation sites (tertiary alicyclic amines) is 1. The number of ether oxygens (including phenoxy) is 3. The van der Waals surface area contributed by atoms with Crippen LogP contribution < -0.4 is 14.2 Å². The fourth-order valence-corrected chi connectivity index (χ4v) is 3.22. The molecule has 1 aliphatic heterocycles. The lowest BCUT2D eigenvalue weighted by atomic mass is 10.1. The third kappa shape index (κ3) is 4.32. The Labute approximate surface area is 169 Å². The molecule has 3 rings (SSSR count). The lowest BCUT2D eigenvalue weighted by Gasteiger charge is -2.22. The van der Waals surface area contributed by atoms with Gasteiger partial charge in [0.1, 0.15) is 22.2 Å². The van der Waals surface area contributed by atoms with Crippen LogP contribution in [0.15, 0.2) is 30.3 Å². The largest absolute Gasteiger partial charge is 0.497 e. The summed E-state index contributed by atoms with van der Waals surface area (Å²) < 4.78 is 15.8. The van der Waals surface area contributed by atoms with Gasteiger partial charge in [-0.2, -0.15) is 0 Å². The molecule has 1 aliphatic rings. The zero-order valence-electron chi connectivity index (χ0n) is 16.0. The van der Waals surface area contributed by atoms with Crippen LogP contribution in [0.1, 0.15) is 24.1 Å². The summed E-state index contributed by atoms with van der Waals surface area (Å²) in [7, 11) is 4.70. The maximum absolute atomic E-state index is 12.4. The van der Waals surface area contributed by atoms with Crippen LogP contribution in [0.5, 0.6) is 17.4 Å². The SMILES string of the molecule is COc1ccc(CN2C(=O)CC[C@@H]2C#Cc2ccc(Cl)c(OC)n2)c(OC)c1. The summed E-state index contributed by atoms with van der Waals surface area (Å²) >= 11 is 6.00. The van der Waals surface area contributed by atoms with E-state index in [9.17, 15) is 4.79 Å². The Hall–Kier alpha value is -2.91. The monoisotopic (exact) mass is 400 g/mol. The molecule has 0 saturated carbocycles. The third-order valence-corrected chi connectivity index (χ3v) is 4.82. The van der Waals surface area contributed by atoms with Gasteiger partial charge >= 0.3 is 0 Å². The van der Waals surface area contributed by atoms with Crippen molar-refractivity contribution in [1.29, 1.82) is 0 Å². The summed E-state index contributed by atoms with van der Waals surface area (Å²) in [4.78, 5) is 18.4. The van der Waals surface area contributed by atoms with Crippen molar-refractivity contribution < 1.29 is 19.0 Å². The number of pyridine rings is 1. The Bertz CT molecular complexity index is 936. The molecule has 0 aliphatic carbocycles. The van der Waals surface area contributed by atoms with E-state index in [1.54, 1.807) is 37.3 Å². The van der Waals surface area contributed by atoms with Crippen molar-refractivity contribution in [3.63, 3.8) is 0 Å². The minimum Gasteiger partial charge on any atom is -0.497 e. The quantitative estimate of drug-likeness (QED) is 0.721. The number of amides is 1. The number of nitrogens with zero attached hydrogens (tertiary/aromatic N) is 2. The predicted molar refractivity (Wildman–Crippen MR) is 106 cm³/mol. The predicted octanol–water partition coefficient (Wildman–Crippen LogP) is 3.30. The minimum atomic E-state index is -0.192. The number of aromatic nitrogens is 1. The molecule has 2 heterocycles. The van der Waals surface area contributed by atoms with Crippen molar-refractivity contribution in [2.45, 2.75) is 25.4 Å². The first kappa shape index (κ1) is 19.8. The average Bonchev–Trinajstić information content (AvgIpc) is 3.07. The van der Waals surface area contributed by atoms with E-state index in [1.807, 2.05) is 12.1 Å². The van der Waals surface area contributed by atoms with Crippen molar-refractivity contribution in [3.05, 3.63) is 46.6 Å². The van der Waals surface area contributed by atoms with E-state index < -0.39 is 0 Å². The number of carbonyl (C=O) groups excluding carboxylic acids is 1. The number of benzene rings is 1. The van der Waals surface area contributed by atoms with E-state index in [-0.39, 0.29) is 11.9 Å². The van der Waals surface area contributed by atoms with Crippen LogP contribution in [-0.4, -0.2) is 43.2 Å². The molecule has 0 radical (unpaired) electrons. The molecule has 2 aromatic rings. The van der Waals surface area contributed by atoms with Crippen molar-refractivity contribution >= 4 is 17.5 Å². The van der Waals surface area contributed by atoms with Gasteiger partial charge in [0.05, 0.1) is 33.9 Å². The zero-order valence-corrected chi connectivity index (χ0v) is 16.7. The second kappa shape index (κ2) is 8.85. The Morgan fingerprint density at radius 2 is 2.00 bits per heavy atom. The summed E-state index contributed by atoms with van der Waals surface area (Å²) in [6, 6.07) is 8.79. The van der Waals surface area contributed by atoms with Crippen LogP contribution in [0.25, 0.3) is 0 Å². The third-order valence-electron chi connectivity index (χ3n) is 4.54. The zero-order chi connectivity index (χ0) is 20.1. The summed E-state index contributed by atoms with van der Waals surface area (Å²) in [5.41, 5.74) is 1.44. The smallest absolute Gasteiger partial charge is 0.233 e. The topological polar surface area (TPSA) is 60.9 Å². The Morgan fingerprint density at radius 1 is 1.18 bits per heavy atom. The Kier molecular flexibility index (Phi) is 6.27. The van der Waals surface area contributed by atoms with Crippen molar-refractivity contribution in [1.82, 2.24) is 9.88 Å². The molecule has 1 aromatic carbocycles. The van der Waals surface area contributed by atoms with Crippen LogP contribution in [0.4, 0.5) is 0 Å². The highest BCUT2D eigenvalue weighted by molar-refractivity contribution is 6.31. The molecule has 0 N–H and O–H groups in total. The molecular weight excluding hydrogens is 380 g/mol. The van der Waals surface area contributed by atoms with Gasteiger partial charge in [-0.05, 0) is 36.6 Å². The average molecular weight is 401 g/mol. The van der Waals surface area contributed by atoms with E-state index >= 15 is 0 Å². The van der Waals surface area contributed by atoms with E-state index in [0.717, 1.165) is 5.56 Å².